The quantitative estimate of drug-likeness (QED) is 0.805. The van der Waals surface area contributed by atoms with Crippen molar-refractivity contribution in [2.75, 3.05) is 32.7 Å². The maximum Gasteiger partial charge on any atom is 0.257 e. The van der Waals surface area contributed by atoms with Crippen molar-refractivity contribution in [2.24, 2.45) is 0 Å². The summed E-state index contributed by atoms with van der Waals surface area (Å²) in [5.41, 5.74) is 0.426. The first-order chi connectivity index (χ1) is 9.11. The van der Waals surface area contributed by atoms with Gasteiger partial charge in [-0.2, -0.15) is 0 Å². The van der Waals surface area contributed by atoms with E-state index in [4.69, 9.17) is 23.2 Å². The second-order valence-electron chi connectivity index (χ2n) is 4.61. The molecule has 0 unspecified atom stereocenters. The maximum absolute atomic E-state index is 12.3. The highest BCUT2D eigenvalue weighted by molar-refractivity contribution is 6.34. The van der Waals surface area contributed by atoms with E-state index in [0.717, 1.165) is 39.1 Å². The van der Waals surface area contributed by atoms with Crippen LogP contribution in [0.15, 0.2) is 12.1 Å². The van der Waals surface area contributed by atoms with E-state index in [2.05, 4.69) is 16.8 Å². The summed E-state index contributed by atoms with van der Waals surface area (Å²) >= 11 is 11.7. The van der Waals surface area contributed by atoms with Gasteiger partial charge in [0, 0.05) is 26.2 Å². The fraction of sp³-hybridized carbons (Fsp3) is 0.538. The summed E-state index contributed by atoms with van der Waals surface area (Å²) in [5, 5.41) is 0.475. The fourth-order valence-corrected chi connectivity index (χ4v) is 2.66. The van der Waals surface area contributed by atoms with Crippen molar-refractivity contribution in [3.05, 3.63) is 28.0 Å². The normalized spacial score (nSPS) is 16.7. The molecule has 1 aliphatic heterocycles. The summed E-state index contributed by atoms with van der Waals surface area (Å²) in [6.45, 7) is 6.55. The van der Waals surface area contributed by atoms with Crippen molar-refractivity contribution in [3.8, 4) is 0 Å². The van der Waals surface area contributed by atoms with E-state index in [1.54, 1.807) is 12.1 Å². The molecule has 6 heteroatoms. The van der Waals surface area contributed by atoms with Gasteiger partial charge in [-0.1, -0.05) is 30.1 Å². The Balaban J connectivity index is 2.01. The number of rotatable bonds is 3. The van der Waals surface area contributed by atoms with Gasteiger partial charge in [-0.3, -0.25) is 9.69 Å². The lowest BCUT2D eigenvalue weighted by atomic mass is 10.2. The summed E-state index contributed by atoms with van der Waals surface area (Å²) in [5.74, 6) is -0.0645. The van der Waals surface area contributed by atoms with Crippen molar-refractivity contribution in [1.82, 2.24) is 14.8 Å². The predicted molar refractivity (Wildman–Crippen MR) is 76.9 cm³/mol. The van der Waals surface area contributed by atoms with Gasteiger partial charge < -0.3 is 4.90 Å². The molecule has 0 spiro atoms. The molecule has 1 aliphatic rings. The third-order valence-electron chi connectivity index (χ3n) is 3.24. The minimum absolute atomic E-state index is 0.0645. The summed E-state index contributed by atoms with van der Waals surface area (Å²) in [7, 11) is 0. The van der Waals surface area contributed by atoms with Gasteiger partial charge in [-0.05, 0) is 25.1 Å². The molecule has 104 valence electrons. The topological polar surface area (TPSA) is 36.4 Å². The van der Waals surface area contributed by atoms with E-state index in [1.807, 2.05) is 4.90 Å². The average molecular weight is 302 g/mol. The van der Waals surface area contributed by atoms with Crippen LogP contribution in [0.3, 0.4) is 0 Å². The molecule has 0 radical (unpaired) electrons. The predicted octanol–water partition coefficient (Wildman–Crippen LogP) is 2.56. The van der Waals surface area contributed by atoms with E-state index < -0.39 is 0 Å². The van der Waals surface area contributed by atoms with Crippen LogP contribution in [-0.4, -0.2) is 53.4 Å². The number of nitrogens with zero attached hydrogens (tertiary/aromatic N) is 3. The zero-order chi connectivity index (χ0) is 13.8. The van der Waals surface area contributed by atoms with Crippen molar-refractivity contribution in [3.63, 3.8) is 0 Å². The van der Waals surface area contributed by atoms with Crippen LogP contribution in [0.1, 0.15) is 23.7 Å². The lowest BCUT2D eigenvalue weighted by Gasteiger charge is -2.34. The third-order valence-corrected chi connectivity index (χ3v) is 3.74. The number of hydrogen-bond donors (Lipinski definition) is 0. The van der Waals surface area contributed by atoms with Crippen LogP contribution in [0, 0.1) is 0 Å². The van der Waals surface area contributed by atoms with Crippen LogP contribution in [0.4, 0.5) is 0 Å². The van der Waals surface area contributed by atoms with Gasteiger partial charge in [0.15, 0.2) is 0 Å². The highest BCUT2D eigenvalue weighted by Crippen LogP contribution is 2.19. The number of carbonyl (C=O) groups is 1. The molecule has 1 aromatic rings. The van der Waals surface area contributed by atoms with E-state index in [9.17, 15) is 4.79 Å². The molecule has 2 rings (SSSR count). The maximum atomic E-state index is 12.3. The Labute approximate surface area is 123 Å². The van der Waals surface area contributed by atoms with Crippen molar-refractivity contribution in [2.45, 2.75) is 13.3 Å². The number of halogens is 2. The molecule has 1 saturated heterocycles. The summed E-state index contributed by atoms with van der Waals surface area (Å²) < 4.78 is 0. The van der Waals surface area contributed by atoms with Gasteiger partial charge >= 0.3 is 0 Å². The molecule has 0 saturated carbocycles. The molecular formula is C13H17Cl2N3O. The Bertz CT molecular complexity index is 459. The van der Waals surface area contributed by atoms with Crippen LogP contribution in [-0.2, 0) is 0 Å². The average Bonchev–Trinajstić information content (AvgIpc) is 2.39. The summed E-state index contributed by atoms with van der Waals surface area (Å²) in [6.07, 6.45) is 1.14. The second kappa shape index (κ2) is 6.55. The van der Waals surface area contributed by atoms with Gasteiger partial charge in [-0.15, -0.1) is 0 Å². The zero-order valence-corrected chi connectivity index (χ0v) is 12.4. The Morgan fingerprint density at radius 1 is 1.26 bits per heavy atom. The molecule has 0 aliphatic carbocycles. The van der Waals surface area contributed by atoms with Crippen molar-refractivity contribution < 1.29 is 4.79 Å². The molecule has 0 bridgehead atoms. The number of hydrogen-bond acceptors (Lipinski definition) is 3. The molecule has 0 N–H and O–H groups in total. The highest BCUT2D eigenvalue weighted by atomic mass is 35.5. The van der Waals surface area contributed by atoms with Crippen LogP contribution in [0.5, 0.6) is 0 Å². The largest absolute Gasteiger partial charge is 0.336 e. The molecular weight excluding hydrogens is 285 g/mol. The molecule has 0 aromatic carbocycles. The summed E-state index contributed by atoms with van der Waals surface area (Å²) in [4.78, 5) is 20.4. The minimum atomic E-state index is -0.0645. The van der Waals surface area contributed by atoms with Gasteiger partial charge in [0.1, 0.15) is 10.3 Å². The first-order valence-corrected chi connectivity index (χ1v) is 7.21. The van der Waals surface area contributed by atoms with Crippen LogP contribution >= 0.6 is 23.2 Å². The number of pyridine rings is 1. The Morgan fingerprint density at radius 2 is 1.95 bits per heavy atom. The van der Waals surface area contributed by atoms with Gasteiger partial charge in [0.25, 0.3) is 5.91 Å². The second-order valence-corrected chi connectivity index (χ2v) is 5.35. The molecule has 1 amide bonds. The number of carbonyl (C=O) groups excluding carboxylic acids is 1. The first-order valence-electron chi connectivity index (χ1n) is 6.45. The highest BCUT2D eigenvalue weighted by Gasteiger charge is 2.23. The lowest BCUT2D eigenvalue weighted by Crippen LogP contribution is -2.48. The lowest BCUT2D eigenvalue weighted by molar-refractivity contribution is 0.0637. The molecule has 1 fully saturated rings. The van der Waals surface area contributed by atoms with E-state index in [0.29, 0.717) is 10.7 Å². The standard InChI is InChI=1S/C13H17Cl2N3O/c1-2-5-17-6-8-18(9-7-17)13(19)10-3-4-11(14)16-12(10)15/h3-4H,2,5-9H2,1H3. The van der Waals surface area contributed by atoms with E-state index >= 15 is 0 Å². The number of piperazine rings is 1. The third kappa shape index (κ3) is 3.59. The van der Waals surface area contributed by atoms with Crippen LogP contribution < -0.4 is 0 Å². The van der Waals surface area contributed by atoms with Gasteiger partial charge in [0.2, 0.25) is 0 Å². The Morgan fingerprint density at radius 3 is 2.53 bits per heavy atom. The Kier molecular flexibility index (Phi) is 5.02. The van der Waals surface area contributed by atoms with E-state index in [1.165, 1.54) is 0 Å². The molecule has 1 aromatic heterocycles. The fourth-order valence-electron chi connectivity index (χ4n) is 2.23. The minimum Gasteiger partial charge on any atom is -0.336 e. The zero-order valence-electron chi connectivity index (χ0n) is 10.9. The van der Waals surface area contributed by atoms with Crippen molar-refractivity contribution >= 4 is 29.1 Å². The monoisotopic (exact) mass is 301 g/mol. The van der Waals surface area contributed by atoms with Gasteiger partial charge in [-0.25, -0.2) is 4.98 Å². The molecule has 4 nitrogen and oxygen atoms in total. The Hall–Kier alpha value is -0.840. The summed E-state index contributed by atoms with van der Waals surface area (Å²) in [6, 6.07) is 3.23. The van der Waals surface area contributed by atoms with E-state index in [-0.39, 0.29) is 11.1 Å². The van der Waals surface area contributed by atoms with Crippen molar-refractivity contribution in [1.29, 1.82) is 0 Å². The smallest absolute Gasteiger partial charge is 0.257 e. The SMILES string of the molecule is CCCN1CCN(C(=O)c2ccc(Cl)nc2Cl)CC1. The van der Waals surface area contributed by atoms with Crippen LogP contribution in [0.2, 0.25) is 10.3 Å². The van der Waals surface area contributed by atoms with Crippen LogP contribution in [0.25, 0.3) is 0 Å². The van der Waals surface area contributed by atoms with Gasteiger partial charge in [0.05, 0.1) is 5.56 Å². The molecule has 19 heavy (non-hydrogen) atoms. The number of amides is 1. The molecule has 2 heterocycles. The molecule has 0 atom stereocenters. The number of aromatic nitrogens is 1. The first kappa shape index (κ1) is 14.6.